The lowest BCUT2D eigenvalue weighted by molar-refractivity contribution is 0.374. The first-order valence-electron chi connectivity index (χ1n) is 6.74. The average Bonchev–Trinajstić information content (AvgIpc) is 2.32. The zero-order valence-electron chi connectivity index (χ0n) is 11.8. The Balaban J connectivity index is 2.56. The average molecular weight is 246 g/mol. The van der Waals surface area contributed by atoms with E-state index in [1.54, 1.807) is 0 Å². The molecule has 1 aliphatic rings. The van der Waals surface area contributed by atoms with E-state index in [1.165, 1.54) is 18.4 Å². The van der Waals surface area contributed by atoms with Gasteiger partial charge in [-0.2, -0.15) is 0 Å². The predicted octanol–water partition coefficient (Wildman–Crippen LogP) is 4.20. The van der Waals surface area contributed by atoms with Crippen LogP contribution in [-0.2, 0) is 5.41 Å². The van der Waals surface area contributed by atoms with Gasteiger partial charge in [-0.1, -0.05) is 26.8 Å². The van der Waals surface area contributed by atoms with E-state index in [9.17, 15) is 4.79 Å². The van der Waals surface area contributed by atoms with E-state index >= 15 is 0 Å². The van der Waals surface area contributed by atoms with Crippen LogP contribution < -0.4 is 5.63 Å². The maximum absolute atomic E-state index is 12.0. The minimum atomic E-state index is -0.191. The van der Waals surface area contributed by atoms with Gasteiger partial charge in [-0.25, -0.2) is 4.79 Å². The van der Waals surface area contributed by atoms with E-state index < -0.39 is 0 Å². The molecular formula is C16H22O2. The van der Waals surface area contributed by atoms with Crippen LogP contribution in [0.2, 0.25) is 0 Å². The number of hydrogen-bond donors (Lipinski definition) is 0. The summed E-state index contributed by atoms with van der Waals surface area (Å²) in [6.07, 6.45) is 6.96. The highest BCUT2D eigenvalue weighted by atomic mass is 16.4. The molecule has 0 saturated carbocycles. The second kappa shape index (κ2) is 4.75. The van der Waals surface area contributed by atoms with E-state index in [4.69, 9.17) is 4.42 Å². The van der Waals surface area contributed by atoms with Gasteiger partial charge < -0.3 is 4.42 Å². The second-order valence-corrected chi connectivity index (χ2v) is 6.16. The van der Waals surface area contributed by atoms with Gasteiger partial charge in [0.15, 0.2) is 0 Å². The van der Waals surface area contributed by atoms with Crippen LogP contribution in [0.4, 0.5) is 0 Å². The van der Waals surface area contributed by atoms with Crippen LogP contribution >= 0.6 is 0 Å². The first-order valence-corrected chi connectivity index (χ1v) is 6.74. The Hall–Kier alpha value is -1.31. The van der Waals surface area contributed by atoms with Gasteiger partial charge in [-0.3, -0.25) is 0 Å². The quantitative estimate of drug-likeness (QED) is 0.743. The molecule has 0 spiro atoms. The SMILES string of the molecule is Cc1c(C2=CCCCC2)cc(C(C)(C)C)oc1=O. The van der Waals surface area contributed by atoms with Gasteiger partial charge in [-0.15, -0.1) is 0 Å². The Morgan fingerprint density at radius 1 is 1.22 bits per heavy atom. The number of rotatable bonds is 1. The van der Waals surface area contributed by atoms with Crippen LogP contribution in [0.5, 0.6) is 0 Å². The lowest BCUT2D eigenvalue weighted by Crippen LogP contribution is -2.18. The minimum Gasteiger partial charge on any atom is -0.427 e. The van der Waals surface area contributed by atoms with Gasteiger partial charge in [0.2, 0.25) is 0 Å². The zero-order valence-corrected chi connectivity index (χ0v) is 11.8. The molecule has 0 fully saturated rings. The molecule has 0 bridgehead atoms. The van der Waals surface area contributed by atoms with Crippen LogP contribution in [0.3, 0.4) is 0 Å². The minimum absolute atomic E-state index is 0.128. The summed E-state index contributed by atoms with van der Waals surface area (Å²) < 4.78 is 5.42. The van der Waals surface area contributed by atoms with E-state index in [1.807, 2.05) is 6.92 Å². The summed E-state index contributed by atoms with van der Waals surface area (Å²) >= 11 is 0. The fourth-order valence-electron chi connectivity index (χ4n) is 2.34. The van der Waals surface area contributed by atoms with Crippen molar-refractivity contribution >= 4 is 5.57 Å². The summed E-state index contributed by atoms with van der Waals surface area (Å²) in [4.78, 5) is 12.0. The lowest BCUT2D eigenvalue weighted by Gasteiger charge is -2.20. The fourth-order valence-corrected chi connectivity index (χ4v) is 2.34. The van der Waals surface area contributed by atoms with Crippen molar-refractivity contribution in [3.8, 4) is 0 Å². The second-order valence-electron chi connectivity index (χ2n) is 6.16. The molecule has 0 radical (unpaired) electrons. The molecule has 0 aromatic carbocycles. The molecule has 0 aliphatic heterocycles. The van der Waals surface area contributed by atoms with Crippen molar-refractivity contribution < 1.29 is 4.42 Å². The first-order chi connectivity index (χ1) is 8.39. The third kappa shape index (κ3) is 2.58. The summed E-state index contributed by atoms with van der Waals surface area (Å²) in [5, 5.41) is 0. The topological polar surface area (TPSA) is 30.2 Å². The summed E-state index contributed by atoms with van der Waals surface area (Å²) in [5.74, 6) is 0.777. The van der Waals surface area contributed by atoms with Crippen molar-refractivity contribution in [3.63, 3.8) is 0 Å². The van der Waals surface area contributed by atoms with Crippen molar-refractivity contribution in [2.75, 3.05) is 0 Å². The van der Waals surface area contributed by atoms with Crippen molar-refractivity contribution in [3.05, 3.63) is 39.4 Å². The van der Waals surface area contributed by atoms with Gasteiger partial charge in [0.1, 0.15) is 5.76 Å². The molecule has 18 heavy (non-hydrogen) atoms. The number of allylic oxidation sites excluding steroid dienone is 2. The molecule has 1 aliphatic carbocycles. The molecule has 2 rings (SSSR count). The highest BCUT2D eigenvalue weighted by Crippen LogP contribution is 2.31. The summed E-state index contributed by atoms with van der Waals surface area (Å²) in [6.45, 7) is 8.07. The third-order valence-corrected chi connectivity index (χ3v) is 3.56. The molecule has 1 aromatic rings. The van der Waals surface area contributed by atoms with Gasteiger partial charge in [0.05, 0.1) is 0 Å². The smallest absolute Gasteiger partial charge is 0.339 e. The van der Waals surface area contributed by atoms with Gasteiger partial charge in [0.25, 0.3) is 0 Å². The van der Waals surface area contributed by atoms with Crippen molar-refractivity contribution in [2.24, 2.45) is 0 Å². The monoisotopic (exact) mass is 246 g/mol. The summed E-state index contributed by atoms with van der Waals surface area (Å²) in [7, 11) is 0. The molecule has 0 atom stereocenters. The third-order valence-electron chi connectivity index (χ3n) is 3.56. The predicted molar refractivity (Wildman–Crippen MR) is 74.9 cm³/mol. The Labute approximate surface area is 109 Å². The summed E-state index contributed by atoms with van der Waals surface area (Å²) in [6, 6.07) is 2.06. The molecule has 2 nitrogen and oxygen atoms in total. The molecule has 2 heteroatoms. The van der Waals surface area contributed by atoms with Gasteiger partial charge >= 0.3 is 5.63 Å². The molecule has 0 amide bonds. The van der Waals surface area contributed by atoms with E-state index in [0.29, 0.717) is 0 Å². The van der Waals surface area contributed by atoms with Crippen molar-refractivity contribution in [1.82, 2.24) is 0 Å². The van der Waals surface area contributed by atoms with Crippen LogP contribution in [-0.4, -0.2) is 0 Å². The first kappa shape index (κ1) is 13.1. The fraction of sp³-hybridized carbons (Fsp3) is 0.562. The van der Waals surface area contributed by atoms with Crippen molar-refractivity contribution in [1.29, 1.82) is 0 Å². The standard InChI is InChI=1S/C16H22O2/c1-11-13(12-8-6-5-7-9-12)10-14(16(2,3)4)18-15(11)17/h8,10H,5-7,9H2,1-4H3. The van der Waals surface area contributed by atoms with E-state index in [-0.39, 0.29) is 11.0 Å². The Kier molecular flexibility index (Phi) is 3.47. The largest absolute Gasteiger partial charge is 0.427 e. The van der Waals surface area contributed by atoms with Crippen LogP contribution in [0.25, 0.3) is 5.57 Å². The molecule has 0 saturated heterocycles. The molecule has 1 aromatic heterocycles. The van der Waals surface area contributed by atoms with Crippen molar-refractivity contribution in [2.45, 2.75) is 58.8 Å². The Bertz CT molecular complexity index is 527. The Morgan fingerprint density at radius 3 is 2.50 bits per heavy atom. The molecular weight excluding hydrogens is 224 g/mol. The summed E-state index contributed by atoms with van der Waals surface area (Å²) in [5.41, 5.74) is 2.84. The maximum Gasteiger partial charge on any atom is 0.339 e. The normalized spacial score (nSPS) is 16.6. The maximum atomic E-state index is 12.0. The lowest BCUT2D eigenvalue weighted by atomic mass is 9.87. The highest BCUT2D eigenvalue weighted by Gasteiger charge is 2.21. The zero-order chi connectivity index (χ0) is 13.3. The van der Waals surface area contributed by atoms with Crippen LogP contribution in [0.15, 0.2) is 21.4 Å². The Morgan fingerprint density at radius 2 is 1.94 bits per heavy atom. The van der Waals surface area contributed by atoms with Gasteiger partial charge in [0, 0.05) is 11.0 Å². The molecule has 98 valence electrons. The molecule has 0 unspecified atom stereocenters. The van der Waals surface area contributed by atoms with Crippen LogP contribution in [0, 0.1) is 6.92 Å². The number of hydrogen-bond acceptors (Lipinski definition) is 2. The van der Waals surface area contributed by atoms with Crippen LogP contribution in [0.1, 0.15) is 63.3 Å². The van der Waals surface area contributed by atoms with E-state index in [2.05, 4.69) is 32.9 Å². The molecule has 0 N–H and O–H groups in total. The molecule has 1 heterocycles. The highest BCUT2D eigenvalue weighted by molar-refractivity contribution is 5.68. The van der Waals surface area contributed by atoms with E-state index in [0.717, 1.165) is 29.7 Å². The van der Waals surface area contributed by atoms with Gasteiger partial charge in [-0.05, 0) is 49.8 Å².